The highest BCUT2D eigenvalue weighted by Gasteiger charge is 2.76. The van der Waals surface area contributed by atoms with Crippen molar-refractivity contribution in [1.29, 1.82) is 0 Å². The second-order valence-electron chi connectivity index (χ2n) is 10.9. The lowest BCUT2D eigenvalue weighted by molar-refractivity contribution is -0.138. The number of halogens is 4. The molecule has 214 valence electrons. The SMILES string of the molecule is COc1cc([C@H]2C3=CC[C@@H]4C(=O)N(c5ccc(C)c(Cl)c5)C(=O)[C@@H]4[C@@H]3C[C@@]3(Cl)C(=O)N(CBr)C(=O)[C@@]23Cl)ccc1O. The van der Waals surface area contributed by atoms with Crippen LogP contribution >= 0.6 is 50.7 Å². The lowest BCUT2D eigenvalue weighted by Crippen LogP contribution is -2.60. The highest BCUT2D eigenvalue weighted by molar-refractivity contribution is 9.09. The lowest BCUT2D eigenvalue weighted by Gasteiger charge is -2.50. The summed E-state index contributed by atoms with van der Waals surface area (Å²) in [7, 11) is 1.39. The van der Waals surface area contributed by atoms with Gasteiger partial charge in [-0.1, -0.05) is 51.3 Å². The Hall–Kier alpha value is -2.59. The molecular formula is C29H24BrCl3N2O6. The maximum Gasteiger partial charge on any atom is 0.254 e. The van der Waals surface area contributed by atoms with Crippen LogP contribution in [-0.4, -0.2) is 55.9 Å². The Morgan fingerprint density at radius 2 is 1.78 bits per heavy atom. The smallest absolute Gasteiger partial charge is 0.254 e. The van der Waals surface area contributed by atoms with Gasteiger partial charge in [0.1, 0.15) is 0 Å². The summed E-state index contributed by atoms with van der Waals surface area (Å²) in [6, 6.07) is 9.56. The van der Waals surface area contributed by atoms with Crippen LogP contribution in [0.5, 0.6) is 11.5 Å². The van der Waals surface area contributed by atoms with E-state index in [2.05, 4.69) is 15.9 Å². The molecule has 2 aromatic carbocycles. The molecule has 6 atom stereocenters. The number of rotatable bonds is 4. The number of amides is 4. The monoisotopic (exact) mass is 680 g/mol. The minimum absolute atomic E-state index is 0.117. The molecular weight excluding hydrogens is 659 g/mol. The second kappa shape index (κ2) is 9.73. The molecule has 4 aliphatic rings. The summed E-state index contributed by atoms with van der Waals surface area (Å²) in [5.74, 6) is -5.25. The molecule has 3 fully saturated rings. The zero-order valence-electron chi connectivity index (χ0n) is 21.9. The summed E-state index contributed by atoms with van der Waals surface area (Å²) in [5, 5.41) is 10.7. The Morgan fingerprint density at radius 1 is 1.05 bits per heavy atom. The number of alkyl halides is 3. The quantitative estimate of drug-likeness (QED) is 0.204. The summed E-state index contributed by atoms with van der Waals surface area (Å²) in [6.07, 6.45) is 1.96. The second-order valence-corrected chi connectivity index (χ2v) is 13.0. The molecule has 2 saturated heterocycles. The Morgan fingerprint density at radius 3 is 2.44 bits per heavy atom. The van der Waals surface area contributed by atoms with Crippen molar-refractivity contribution in [3.63, 3.8) is 0 Å². The molecule has 8 nitrogen and oxygen atoms in total. The summed E-state index contributed by atoms with van der Waals surface area (Å²) >= 11 is 24.0. The molecule has 0 aromatic heterocycles. The van der Waals surface area contributed by atoms with Crippen molar-refractivity contribution < 1.29 is 29.0 Å². The number of aryl methyl sites for hydroxylation is 1. The Kier molecular flexibility index (Phi) is 6.77. The number of carbonyl (C=O) groups excluding carboxylic acids is 4. The number of benzene rings is 2. The molecule has 0 unspecified atom stereocenters. The summed E-state index contributed by atoms with van der Waals surface area (Å²) in [6.45, 7) is 1.82. The topological polar surface area (TPSA) is 104 Å². The summed E-state index contributed by atoms with van der Waals surface area (Å²) in [4.78, 5) is 53.6. The zero-order chi connectivity index (χ0) is 29.6. The van der Waals surface area contributed by atoms with Gasteiger partial charge in [-0.3, -0.25) is 24.1 Å². The highest BCUT2D eigenvalue weighted by Crippen LogP contribution is 2.65. The third-order valence-corrected chi connectivity index (χ3v) is 11.3. The number of imide groups is 2. The Labute approximate surface area is 259 Å². The van der Waals surface area contributed by atoms with Gasteiger partial charge in [-0.25, -0.2) is 4.90 Å². The van der Waals surface area contributed by atoms with Crippen LogP contribution in [-0.2, 0) is 19.2 Å². The van der Waals surface area contributed by atoms with Gasteiger partial charge in [0.25, 0.3) is 11.8 Å². The molecule has 2 aliphatic carbocycles. The van der Waals surface area contributed by atoms with Gasteiger partial charge in [0.15, 0.2) is 21.2 Å². The van der Waals surface area contributed by atoms with Crippen LogP contribution < -0.4 is 9.64 Å². The molecule has 2 heterocycles. The summed E-state index contributed by atoms with van der Waals surface area (Å²) < 4.78 is 5.32. The Bertz CT molecular complexity index is 1580. The standard InChI is InChI=1S/C29H24BrCl3N2O6/c1-13-3-5-15(10-19(13)31)35-24(37)17-7-6-16-18(22(17)25(35)38)11-28(32)26(39)34(12-30)27(40)29(28,33)23(16)14-4-8-20(36)21(9-14)41-2/h3-6,8-10,17-18,22-23,36H,7,11-12H2,1-2H3/t17-,18+,22-,23-,28+,29-/m0/s1. The lowest BCUT2D eigenvalue weighted by atomic mass is 9.56. The molecule has 41 heavy (non-hydrogen) atoms. The summed E-state index contributed by atoms with van der Waals surface area (Å²) in [5.41, 5.74) is 2.18. The van der Waals surface area contributed by atoms with Crippen LogP contribution in [0, 0.1) is 24.7 Å². The molecule has 2 aliphatic heterocycles. The third-order valence-electron chi connectivity index (χ3n) is 8.97. The van der Waals surface area contributed by atoms with Crippen molar-refractivity contribution in [2.75, 3.05) is 17.5 Å². The van der Waals surface area contributed by atoms with Crippen LogP contribution in [0.2, 0.25) is 5.02 Å². The number of anilines is 1. The van der Waals surface area contributed by atoms with E-state index in [0.717, 1.165) is 15.4 Å². The van der Waals surface area contributed by atoms with Crippen LogP contribution in [0.1, 0.15) is 29.9 Å². The number of allylic oxidation sites excluding steroid dienone is 2. The minimum atomic E-state index is -1.94. The number of carbonyl (C=O) groups is 4. The van der Waals surface area contributed by atoms with E-state index in [0.29, 0.717) is 21.8 Å². The third kappa shape index (κ3) is 3.71. The van der Waals surface area contributed by atoms with Gasteiger partial charge in [-0.15, -0.1) is 23.2 Å². The minimum Gasteiger partial charge on any atom is -0.504 e. The normalized spacial score (nSPS) is 32.6. The van der Waals surface area contributed by atoms with E-state index in [1.165, 1.54) is 13.2 Å². The van der Waals surface area contributed by atoms with Gasteiger partial charge in [-0.05, 0) is 61.1 Å². The van der Waals surface area contributed by atoms with Gasteiger partial charge in [0.05, 0.1) is 30.1 Å². The molecule has 4 amide bonds. The predicted octanol–water partition coefficient (Wildman–Crippen LogP) is 5.28. The Balaban J connectivity index is 1.52. The number of nitrogens with zero attached hydrogens (tertiary/aromatic N) is 2. The number of phenolic OH excluding ortho intramolecular Hbond substituents is 1. The van der Waals surface area contributed by atoms with Crippen molar-refractivity contribution in [2.45, 2.75) is 35.4 Å². The first-order valence-electron chi connectivity index (χ1n) is 12.9. The average molecular weight is 683 g/mol. The van der Waals surface area contributed by atoms with E-state index < -0.39 is 51.1 Å². The van der Waals surface area contributed by atoms with E-state index >= 15 is 0 Å². The van der Waals surface area contributed by atoms with Crippen LogP contribution in [0.4, 0.5) is 5.69 Å². The first-order chi connectivity index (χ1) is 19.4. The van der Waals surface area contributed by atoms with Crippen molar-refractivity contribution in [3.05, 3.63) is 64.2 Å². The van der Waals surface area contributed by atoms with Crippen LogP contribution in [0.25, 0.3) is 0 Å². The first kappa shape index (κ1) is 28.5. The van der Waals surface area contributed by atoms with Crippen molar-refractivity contribution in [2.24, 2.45) is 17.8 Å². The molecule has 1 N–H and O–H groups in total. The largest absolute Gasteiger partial charge is 0.504 e. The van der Waals surface area contributed by atoms with E-state index in [1.807, 2.05) is 13.0 Å². The van der Waals surface area contributed by atoms with Gasteiger partial charge in [0, 0.05) is 10.9 Å². The maximum absolute atomic E-state index is 14.1. The zero-order valence-corrected chi connectivity index (χ0v) is 25.7. The fraction of sp³-hybridized carbons (Fsp3) is 0.379. The van der Waals surface area contributed by atoms with Gasteiger partial charge >= 0.3 is 0 Å². The number of methoxy groups -OCH3 is 1. The fourth-order valence-corrected chi connectivity index (χ4v) is 8.58. The molecule has 0 bridgehead atoms. The number of ether oxygens (including phenoxy) is 1. The van der Waals surface area contributed by atoms with Gasteiger partial charge < -0.3 is 9.84 Å². The predicted molar refractivity (Wildman–Crippen MR) is 157 cm³/mol. The van der Waals surface area contributed by atoms with Crippen molar-refractivity contribution in [1.82, 2.24) is 4.90 Å². The number of phenols is 1. The van der Waals surface area contributed by atoms with Crippen molar-refractivity contribution >= 4 is 80.0 Å². The van der Waals surface area contributed by atoms with Crippen LogP contribution in [0.15, 0.2) is 48.0 Å². The molecule has 0 spiro atoms. The number of aromatic hydroxyl groups is 1. The molecule has 2 aromatic rings. The number of hydrogen-bond acceptors (Lipinski definition) is 6. The number of hydrogen-bond donors (Lipinski definition) is 1. The fourth-order valence-electron chi connectivity index (χ4n) is 6.98. The average Bonchev–Trinajstić information content (AvgIpc) is 3.28. The molecule has 12 heteroatoms. The van der Waals surface area contributed by atoms with E-state index in [-0.39, 0.29) is 35.7 Å². The van der Waals surface area contributed by atoms with Crippen LogP contribution in [0.3, 0.4) is 0 Å². The van der Waals surface area contributed by atoms with Crippen molar-refractivity contribution in [3.8, 4) is 11.5 Å². The van der Waals surface area contributed by atoms with E-state index in [1.54, 1.807) is 30.3 Å². The van der Waals surface area contributed by atoms with Gasteiger partial charge in [0.2, 0.25) is 11.8 Å². The molecule has 0 radical (unpaired) electrons. The molecule has 1 saturated carbocycles. The van der Waals surface area contributed by atoms with E-state index in [9.17, 15) is 24.3 Å². The van der Waals surface area contributed by atoms with E-state index in [4.69, 9.17) is 39.5 Å². The first-order valence-corrected chi connectivity index (χ1v) is 15.2. The van der Waals surface area contributed by atoms with Gasteiger partial charge in [-0.2, -0.15) is 0 Å². The number of likely N-dealkylation sites (tertiary alicyclic amines) is 1. The number of fused-ring (bicyclic) bond motifs is 4. The highest BCUT2D eigenvalue weighted by atomic mass is 79.9. The maximum atomic E-state index is 14.1. The molecule has 6 rings (SSSR count).